The molecule has 0 N–H and O–H groups in total. The molecule has 10 atom stereocenters. The zero-order valence-corrected chi connectivity index (χ0v) is 19.5. The predicted molar refractivity (Wildman–Crippen MR) is 120 cm³/mol. The lowest BCUT2D eigenvalue weighted by Gasteiger charge is -2.67. The Morgan fingerprint density at radius 1 is 0.786 bits per heavy atom. The van der Waals surface area contributed by atoms with Crippen molar-refractivity contribution in [3.63, 3.8) is 0 Å². The SMILES string of the molecule is C=C(C)C1CCC2(C)CCC3C(CCC4C5(C)CCCC(C)C5CCC34C)C12. The highest BCUT2D eigenvalue weighted by molar-refractivity contribution is 5.16. The van der Waals surface area contributed by atoms with Gasteiger partial charge in [0, 0.05) is 0 Å². The van der Waals surface area contributed by atoms with E-state index in [4.69, 9.17) is 0 Å². The first-order chi connectivity index (χ1) is 13.2. The molecular formula is C28H46. The lowest BCUT2D eigenvalue weighted by molar-refractivity contribution is -0.183. The molecule has 0 nitrogen and oxygen atoms in total. The van der Waals surface area contributed by atoms with Crippen LogP contribution in [0.15, 0.2) is 12.2 Å². The van der Waals surface area contributed by atoms with Crippen molar-refractivity contribution >= 4 is 0 Å². The molecule has 0 spiro atoms. The molecule has 0 heteroatoms. The van der Waals surface area contributed by atoms with E-state index in [0.29, 0.717) is 16.2 Å². The van der Waals surface area contributed by atoms with Gasteiger partial charge in [-0.25, -0.2) is 0 Å². The minimum absolute atomic E-state index is 0.619. The number of rotatable bonds is 1. The third-order valence-electron chi connectivity index (χ3n) is 12.0. The molecule has 28 heavy (non-hydrogen) atoms. The first-order valence-corrected chi connectivity index (χ1v) is 12.9. The zero-order valence-electron chi connectivity index (χ0n) is 19.5. The first-order valence-electron chi connectivity index (χ1n) is 12.9. The van der Waals surface area contributed by atoms with Crippen molar-refractivity contribution in [1.82, 2.24) is 0 Å². The van der Waals surface area contributed by atoms with Gasteiger partial charge in [0.05, 0.1) is 0 Å². The third kappa shape index (κ3) is 2.48. The quantitative estimate of drug-likeness (QED) is 0.400. The number of hydrogen-bond acceptors (Lipinski definition) is 0. The van der Waals surface area contributed by atoms with Crippen LogP contribution >= 0.6 is 0 Å². The van der Waals surface area contributed by atoms with E-state index in [0.717, 1.165) is 41.4 Å². The molecule has 0 aliphatic heterocycles. The van der Waals surface area contributed by atoms with Gasteiger partial charge >= 0.3 is 0 Å². The summed E-state index contributed by atoms with van der Waals surface area (Å²) in [4.78, 5) is 0. The van der Waals surface area contributed by atoms with Crippen LogP contribution in [0.1, 0.15) is 105 Å². The summed E-state index contributed by atoms with van der Waals surface area (Å²) in [6, 6.07) is 0. The van der Waals surface area contributed by atoms with Crippen LogP contribution in [-0.2, 0) is 0 Å². The molecule has 158 valence electrons. The highest BCUT2D eigenvalue weighted by atomic mass is 14.7. The number of hydrogen-bond donors (Lipinski definition) is 0. The fraction of sp³-hybridized carbons (Fsp3) is 0.929. The van der Waals surface area contributed by atoms with Gasteiger partial charge in [0.1, 0.15) is 0 Å². The molecule has 5 rings (SSSR count). The van der Waals surface area contributed by atoms with E-state index in [1.165, 1.54) is 76.2 Å². The van der Waals surface area contributed by atoms with E-state index in [1.54, 1.807) is 0 Å². The van der Waals surface area contributed by atoms with Crippen LogP contribution in [0.4, 0.5) is 0 Å². The van der Waals surface area contributed by atoms with Gasteiger partial charge in [-0.2, -0.15) is 0 Å². The molecule has 5 saturated carbocycles. The van der Waals surface area contributed by atoms with Gasteiger partial charge in [-0.05, 0) is 122 Å². The van der Waals surface area contributed by atoms with Gasteiger partial charge in [0.15, 0.2) is 0 Å². The van der Waals surface area contributed by atoms with Crippen molar-refractivity contribution in [2.24, 2.45) is 57.7 Å². The second kappa shape index (κ2) is 6.37. The van der Waals surface area contributed by atoms with Gasteiger partial charge in [-0.3, -0.25) is 0 Å². The fourth-order valence-corrected chi connectivity index (χ4v) is 10.9. The van der Waals surface area contributed by atoms with Gasteiger partial charge in [-0.15, -0.1) is 0 Å². The Kier molecular flexibility index (Phi) is 4.48. The monoisotopic (exact) mass is 382 g/mol. The standard InChI is InChI=1S/C28H46/c1-18(2)20-11-15-26(4)16-12-23-21(25(20)26)9-10-24-27(5)14-7-8-19(3)22(27)13-17-28(23,24)6/h19-25H,1,7-17H2,2-6H3. The first kappa shape index (κ1) is 19.7. The van der Waals surface area contributed by atoms with Crippen LogP contribution in [0, 0.1) is 57.7 Å². The normalized spacial score (nSPS) is 58.2. The van der Waals surface area contributed by atoms with E-state index in [9.17, 15) is 0 Å². The van der Waals surface area contributed by atoms with Crippen LogP contribution in [0.3, 0.4) is 0 Å². The minimum atomic E-state index is 0.619. The second-order valence-corrected chi connectivity index (χ2v) is 13.1. The summed E-state index contributed by atoms with van der Waals surface area (Å²) in [6.07, 6.45) is 16.6. The molecule has 0 heterocycles. The highest BCUT2D eigenvalue weighted by Crippen LogP contribution is 2.72. The largest absolute Gasteiger partial charge is 0.0998 e. The van der Waals surface area contributed by atoms with Crippen LogP contribution in [-0.4, -0.2) is 0 Å². The lowest BCUT2D eigenvalue weighted by Crippen LogP contribution is -2.60. The van der Waals surface area contributed by atoms with Crippen LogP contribution in [0.25, 0.3) is 0 Å². The smallest absolute Gasteiger partial charge is 0.0172 e. The van der Waals surface area contributed by atoms with E-state index in [2.05, 4.69) is 41.2 Å². The number of fused-ring (bicyclic) bond motifs is 7. The van der Waals surface area contributed by atoms with Gasteiger partial charge in [0.25, 0.3) is 0 Å². The highest BCUT2D eigenvalue weighted by Gasteiger charge is 2.64. The summed E-state index contributed by atoms with van der Waals surface area (Å²) >= 11 is 0. The zero-order chi connectivity index (χ0) is 19.9. The maximum atomic E-state index is 4.47. The van der Waals surface area contributed by atoms with E-state index < -0.39 is 0 Å². The van der Waals surface area contributed by atoms with Crippen LogP contribution < -0.4 is 0 Å². The molecule has 0 aromatic heterocycles. The summed E-state index contributed by atoms with van der Waals surface area (Å²) < 4.78 is 0. The Morgan fingerprint density at radius 3 is 2.21 bits per heavy atom. The topological polar surface area (TPSA) is 0 Å². The molecule has 0 bridgehead atoms. The van der Waals surface area contributed by atoms with Gasteiger partial charge < -0.3 is 0 Å². The summed E-state index contributed by atoms with van der Waals surface area (Å²) in [7, 11) is 0. The molecule has 0 radical (unpaired) electrons. The fourth-order valence-electron chi connectivity index (χ4n) is 10.9. The van der Waals surface area contributed by atoms with Crippen molar-refractivity contribution in [2.45, 2.75) is 105 Å². The molecule has 10 unspecified atom stereocenters. The summed E-state index contributed by atoms with van der Waals surface area (Å²) in [6.45, 7) is 17.6. The Bertz CT molecular complexity index is 646. The number of allylic oxidation sites excluding steroid dienone is 1. The summed E-state index contributed by atoms with van der Waals surface area (Å²) in [5, 5.41) is 0. The van der Waals surface area contributed by atoms with E-state index in [-0.39, 0.29) is 0 Å². The van der Waals surface area contributed by atoms with Crippen molar-refractivity contribution in [3.05, 3.63) is 12.2 Å². The van der Waals surface area contributed by atoms with Crippen LogP contribution in [0.5, 0.6) is 0 Å². The Hall–Kier alpha value is -0.260. The molecule has 5 aliphatic rings. The molecule has 0 aromatic carbocycles. The molecule has 5 aliphatic carbocycles. The summed E-state index contributed by atoms with van der Waals surface area (Å²) in [5.41, 5.74) is 3.38. The third-order valence-corrected chi connectivity index (χ3v) is 12.0. The molecule has 0 amide bonds. The Labute approximate surface area is 175 Å². The maximum Gasteiger partial charge on any atom is -0.0172 e. The second-order valence-electron chi connectivity index (χ2n) is 13.1. The van der Waals surface area contributed by atoms with Crippen molar-refractivity contribution in [2.75, 3.05) is 0 Å². The molecule has 0 aromatic rings. The Morgan fingerprint density at radius 2 is 1.46 bits per heavy atom. The van der Waals surface area contributed by atoms with Crippen molar-refractivity contribution < 1.29 is 0 Å². The Balaban J connectivity index is 1.49. The van der Waals surface area contributed by atoms with Crippen molar-refractivity contribution in [3.8, 4) is 0 Å². The molecular weight excluding hydrogens is 336 g/mol. The lowest BCUT2D eigenvalue weighted by atomic mass is 9.37. The van der Waals surface area contributed by atoms with Crippen LogP contribution in [0.2, 0.25) is 0 Å². The minimum Gasteiger partial charge on any atom is -0.0998 e. The van der Waals surface area contributed by atoms with Gasteiger partial charge in [0.2, 0.25) is 0 Å². The van der Waals surface area contributed by atoms with Gasteiger partial charge in [-0.1, -0.05) is 52.7 Å². The van der Waals surface area contributed by atoms with E-state index >= 15 is 0 Å². The average molecular weight is 383 g/mol. The molecule has 5 fully saturated rings. The summed E-state index contributed by atoms with van der Waals surface area (Å²) in [5.74, 6) is 6.73. The predicted octanol–water partition coefficient (Wildman–Crippen LogP) is 8.27. The molecule has 0 saturated heterocycles. The van der Waals surface area contributed by atoms with Crippen molar-refractivity contribution in [1.29, 1.82) is 0 Å². The maximum absolute atomic E-state index is 4.47. The average Bonchev–Trinajstić information content (AvgIpc) is 2.99. The van der Waals surface area contributed by atoms with E-state index in [1.807, 2.05) is 0 Å².